The lowest BCUT2D eigenvalue weighted by Gasteiger charge is -2.35. The van der Waals surface area contributed by atoms with E-state index in [1.54, 1.807) is 21.9 Å². The molecule has 0 aliphatic carbocycles. The number of piperidine rings is 1. The molecule has 2 unspecified atom stereocenters. The quantitative estimate of drug-likeness (QED) is 0.848. The number of carboxylic acid groups (broad SMARTS) is 1. The Bertz CT molecular complexity index is 740. The highest BCUT2D eigenvalue weighted by Gasteiger charge is 2.39. The summed E-state index contributed by atoms with van der Waals surface area (Å²) in [7, 11) is 0. The molecule has 0 aromatic heterocycles. The first-order chi connectivity index (χ1) is 12.4. The Morgan fingerprint density at radius 3 is 2.46 bits per heavy atom. The molecule has 1 N–H and O–H groups in total. The molecular weight excluding hydrogens is 379 g/mol. The van der Waals surface area contributed by atoms with Gasteiger partial charge in [0.1, 0.15) is 6.04 Å². The van der Waals surface area contributed by atoms with Crippen LogP contribution in [-0.2, 0) is 9.59 Å². The standard InChI is InChI=1S/C18H20Cl2N2O4/c19-13-6-5-11(9-14(13)20)16(23)22-8-2-4-15(22)17(24)21-7-1-3-12(10-21)18(25)26/h5-6,9,12,15H,1-4,7-8,10H2,(H,25,26). The van der Waals surface area contributed by atoms with E-state index in [0.29, 0.717) is 48.0 Å². The number of hydrogen-bond acceptors (Lipinski definition) is 3. The van der Waals surface area contributed by atoms with E-state index in [2.05, 4.69) is 0 Å². The number of hydrogen-bond donors (Lipinski definition) is 1. The van der Waals surface area contributed by atoms with Gasteiger partial charge in [-0.25, -0.2) is 0 Å². The molecule has 2 amide bonds. The third-order valence-corrected chi connectivity index (χ3v) is 5.79. The van der Waals surface area contributed by atoms with Crippen LogP contribution in [0.5, 0.6) is 0 Å². The number of amides is 2. The van der Waals surface area contributed by atoms with Gasteiger partial charge < -0.3 is 14.9 Å². The minimum Gasteiger partial charge on any atom is -0.481 e. The van der Waals surface area contributed by atoms with E-state index in [1.165, 1.54) is 6.07 Å². The average molecular weight is 399 g/mol. The molecule has 1 aromatic carbocycles. The van der Waals surface area contributed by atoms with Crippen molar-refractivity contribution in [3.05, 3.63) is 33.8 Å². The normalized spacial score (nSPS) is 23.2. The molecule has 0 saturated carbocycles. The zero-order valence-electron chi connectivity index (χ0n) is 14.2. The van der Waals surface area contributed by atoms with Crippen molar-refractivity contribution in [3.63, 3.8) is 0 Å². The topological polar surface area (TPSA) is 77.9 Å². The van der Waals surface area contributed by atoms with Gasteiger partial charge in [0, 0.05) is 25.2 Å². The highest BCUT2D eigenvalue weighted by Crippen LogP contribution is 2.27. The number of rotatable bonds is 3. The van der Waals surface area contributed by atoms with E-state index in [-0.39, 0.29) is 18.4 Å². The van der Waals surface area contributed by atoms with Crippen molar-refractivity contribution in [1.29, 1.82) is 0 Å². The van der Waals surface area contributed by atoms with Crippen LogP contribution in [-0.4, -0.2) is 58.4 Å². The van der Waals surface area contributed by atoms with E-state index in [0.717, 1.165) is 6.42 Å². The summed E-state index contributed by atoms with van der Waals surface area (Å²) < 4.78 is 0. The average Bonchev–Trinajstić information content (AvgIpc) is 3.12. The van der Waals surface area contributed by atoms with E-state index < -0.39 is 17.9 Å². The summed E-state index contributed by atoms with van der Waals surface area (Å²) in [5.41, 5.74) is 0.390. The predicted octanol–water partition coefficient (Wildman–Crippen LogP) is 2.92. The third kappa shape index (κ3) is 3.81. The van der Waals surface area contributed by atoms with Gasteiger partial charge in [0.25, 0.3) is 5.91 Å². The Labute approximate surface area is 161 Å². The van der Waals surface area contributed by atoms with Crippen LogP contribution in [0.2, 0.25) is 10.0 Å². The summed E-state index contributed by atoms with van der Waals surface area (Å²) in [6.07, 6.45) is 2.56. The number of carbonyl (C=O) groups excluding carboxylic acids is 2. The molecule has 2 fully saturated rings. The van der Waals surface area contributed by atoms with Crippen molar-refractivity contribution < 1.29 is 19.5 Å². The van der Waals surface area contributed by atoms with Gasteiger partial charge in [-0.15, -0.1) is 0 Å². The first-order valence-electron chi connectivity index (χ1n) is 8.66. The van der Waals surface area contributed by atoms with Crippen LogP contribution in [0, 0.1) is 5.92 Å². The van der Waals surface area contributed by atoms with E-state index in [4.69, 9.17) is 23.2 Å². The molecule has 2 heterocycles. The van der Waals surface area contributed by atoms with Crippen molar-refractivity contribution in [2.24, 2.45) is 5.92 Å². The second-order valence-electron chi connectivity index (χ2n) is 6.75. The van der Waals surface area contributed by atoms with Crippen LogP contribution >= 0.6 is 23.2 Å². The molecule has 2 aliphatic heterocycles. The second kappa shape index (κ2) is 7.84. The number of nitrogens with zero attached hydrogens (tertiary/aromatic N) is 2. The molecule has 1 aromatic rings. The maximum absolute atomic E-state index is 12.9. The molecule has 8 heteroatoms. The predicted molar refractivity (Wildman–Crippen MR) is 97.5 cm³/mol. The molecule has 2 atom stereocenters. The van der Waals surface area contributed by atoms with Crippen molar-refractivity contribution >= 4 is 41.0 Å². The fraction of sp³-hybridized carbons (Fsp3) is 0.500. The maximum atomic E-state index is 12.9. The lowest BCUT2D eigenvalue weighted by atomic mass is 9.97. The Morgan fingerprint density at radius 2 is 1.77 bits per heavy atom. The van der Waals surface area contributed by atoms with Crippen molar-refractivity contribution in [3.8, 4) is 0 Å². The van der Waals surface area contributed by atoms with Crippen LogP contribution in [0.25, 0.3) is 0 Å². The van der Waals surface area contributed by atoms with Gasteiger partial charge >= 0.3 is 5.97 Å². The fourth-order valence-electron chi connectivity index (χ4n) is 3.65. The summed E-state index contributed by atoms with van der Waals surface area (Å²) in [5.74, 6) is -1.83. The van der Waals surface area contributed by atoms with Gasteiger partial charge in [-0.2, -0.15) is 0 Å². The maximum Gasteiger partial charge on any atom is 0.308 e. The molecule has 0 spiro atoms. The smallest absolute Gasteiger partial charge is 0.308 e. The molecule has 2 saturated heterocycles. The summed E-state index contributed by atoms with van der Waals surface area (Å²) >= 11 is 11.9. The largest absolute Gasteiger partial charge is 0.481 e. The summed E-state index contributed by atoms with van der Waals surface area (Å²) in [6, 6.07) is 4.11. The summed E-state index contributed by atoms with van der Waals surface area (Å²) in [6.45, 7) is 1.24. The van der Waals surface area contributed by atoms with Crippen LogP contribution in [0.3, 0.4) is 0 Å². The first kappa shape index (κ1) is 19.0. The zero-order valence-corrected chi connectivity index (χ0v) is 15.7. The monoisotopic (exact) mass is 398 g/mol. The molecule has 2 aliphatic rings. The molecule has 0 radical (unpaired) electrons. The lowest BCUT2D eigenvalue weighted by molar-refractivity contribution is -0.146. The Hall–Kier alpha value is -1.79. The van der Waals surface area contributed by atoms with E-state index >= 15 is 0 Å². The van der Waals surface area contributed by atoms with Gasteiger partial charge in [-0.1, -0.05) is 23.2 Å². The second-order valence-corrected chi connectivity index (χ2v) is 7.56. The number of halogens is 2. The lowest BCUT2D eigenvalue weighted by Crippen LogP contribution is -2.51. The summed E-state index contributed by atoms with van der Waals surface area (Å²) in [4.78, 5) is 40.2. The molecule has 6 nitrogen and oxygen atoms in total. The van der Waals surface area contributed by atoms with Crippen LogP contribution in [0.1, 0.15) is 36.0 Å². The van der Waals surface area contributed by atoms with Crippen LogP contribution in [0.15, 0.2) is 18.2 Å². The number of likely N-dealkylation sites (tertiary alicyclic amines) is 2. The highest BCUT2D eigenvalue weighted by molar-refractivity contribution is 6.42. The van der Waals surface area contributed by atoms with Gasteiger partial charge in [0.15, 0.2) is 0 Å². The van der Waals surface area contributed by atoms with Crippen LogP contribution in [0.4, 0.5) is 0 Å². The van der Waals surface area contributed by atoms with Gasteiger partial charge in [0.2, 0.25) is 5.91 Å². The Kier molecular flexibility index (Phi) is 5.73. The SMILES string of the molecule is O=C(O)C1CCCN(C(=O)C2CCCN2C(=O)c2ccc(Cl)c(Cl)c2)C1. The van der Waals surface area contributed by atoms with E-state index in [1.807, 2.05) is 0 Å². The third-order valence-electron chi connectivity index (χ3n) is 5.05. The fourth-order valence-corrected chi connectivity index (χ4v) is 3.95. The van der Waals surface area contributed by atoms with Gasteiger partial charge in [-0.05, 0) is 43.9 Å². The van der Waals surface area contributed by atoms with Crippen LogP contribution < -0.4 is 0 Å². The number of carbonyl (C=O) groups is 3. The molecule has 3 rings (SSSR count). The molecule has 140 valence electrons. The number of carboxylic acids is 1. The van der Waals surface area contributed by atoms with Crippen molar-refractivity contribution in [2.45, 2.75) is 31.7 Å². The van der Waals surface area contributed by atoms with Crippen molar-refractivity contribution in [2.75, 3.05) is 19.6 Å². The van der Waals surface area contributed by atoms with E-state index in [9.17, 15) is 19.5 Å². The molecule has 0 bridgehead atoms. The first-order valence-corrected chi connectivity index (χ1v) is 9.41. The minimum absolute atomic E-state index is 0.165. The molecule has 26 heavy (non-hydrogen) atoms. The summed E-state index contributed by atoms with van der Waals surface area (Å²) in [5, 5.41) is 9.87. The van der Waals surface area contributed by atoms with Crippen molar-refractivity contribution in [1.82, 2.24) is 9.80 Å². The zero-order chi connectivity index (χ0) is 18.8. The number of aliphatic carboxylic acids is 1. The Balaban J connectivity index is 1.74. The Morgan fingerprint density at radius 1 is 1.04 bits per heavy atom. The minimum atomic E-state index is -0.877. The molecular formula is C18H20Cl2N2O4. The number of benzene rings is 1. The highest BCUT2D eigenvalue weighted by atomic mass is 35.5. The van der Waals surface area contributed by atoms with Gasteiger partial charge in [-0.3, -0.25) is 14.4 Å². The van der Waals surface area contributed by atoms with Gasteiger partial charge in [0.05, 0.1) is 16.0 Å².